The molecule has 1 fully saturated rings. The smallest absolute Gasteiger partial charge is 0.281 e. The van der Waals surface area contributed by atoms with Crippen LogP contribution in [-0.2, 0) is 10.2 Å². The minimum Gasteiger partial charge on any atom is -0.314 e. The van der Waals surface area contributed by atoms with Gasteiger partial charge in [0.25, 0.3) is 10.2 Å². The van der Waals surface area contributed by atoms with Crippen LogP contribution in [0.3, 0.4) is 0 Å². The van der Waals surface area contributed by atoms with Gasteiger partial charge in [0.2, 0.25) is 0 Å². The van der Waals surface area contributed by atoms with Crippen molar-refractivity contribution in [2.45, 2.75) is 32.2 Å². The molecule has 0 unspecified atom stereocenters. The van der Waals surface area contributed by atoms with E-state index in [4.69, 9.17) is 0 Å². The molecule has 0 saturated heterocycles. The van der Waals surface area contributed by atoms with Crippen molar-refractivity contribution in [1.29, 1.82) is 0 Å². The third-order valence-corrected chi connectivity index (χ3v) is 5.10. The first kappa shape index (κ1) is 15.6. The number of nitrogens with zero attached hydrogens (tertiary/aromatic N) is 2. The van der Waals surface area contributed by atoms with E-state index in [0.29, 0.717) is 25.7 Å². The van der Waals surface area contributed by atoms with Crippen LogP contribution >= 0.6 is 0 Å². The molecule has 6 heteroatoms. The summed E-state index contributed by atoms with van der Waals surface area (Å²) >= 11 is 0. The molecular formula is C12H25N3O2S. The quantitative estimate of drug-likeness (QED) is 0.474. The van der Waals surface area contributed by atoms with Gasteiger partial charge in [0.05, 0.1) is 0 Å². The summed E-state index contributed by atoms with van der Waals surface area (Å²) in [7, 11) is -1.69. The van der Waals surface area contributed by atoms with E-state index >= 15 is 0 Å². The van der Waals surface area contributed by atoms with E-state index in [9.17, 15) is 8.42 Å². The van der Waals surface area contributed by atoms with Crippen LogP contribution in [0.15, 0.2) is 12.7 Å². The van der Waals surface area contributed by atoms with Crippen molar-refractivity contribution in [3.8, 4) is 0 Å². The Morgan fingerprint density at radius 3 is 2.61 bits per heavy atom. The first-order valence-electron chi connectivity index (χ1n) is 6.58. The van der Waals surface area contributed by atoms with Crippen molar-refractivity contribution >= 4 is 10.2 Å². The molecule has 0 radical (unpaired) electrons. The fourth-order valence-electron chi connectivity index (χ4n) is 1.74. The van der Waals surface area contributed by atoms with Crippen molar-refractivity contribution < 1.29 is 8.42 Å². The Morgan fingerprint density at radius 1 is 1.44 bits per heavy atom. The highest BCUT2D eigenvalue weighted by molar-refractivity contribution is 7.86. The first-order valence-corrected chi connectivity index (χ1v) is 7.97. The van der Waals surface area contributed by atoms with E-state index in [-0.39, 0.29) is 0 Å². The predicted molar refractivity (Wildman–Crippen MR) is 74.6 cm³/mol. The number of hydrogen-bond donors (Lipinski definition) is 1. The topological polar surface area (TPSA) is 52.7 Å². The molecule has 0 aromatic carbocycles. The highest BCUT2D eigenvalue weighted by Gasteiger charge is 2.24. The Bertz CT molecular complexity index is 352. The van der Waals surface area contributed by atoms with Gasteiger partial charge in [0.15, 0.2) is 0 Å². The van der Waals surface area contributed by atoms with Gasteiger partial charge in [-0.05, 0) is 25.8 Å². The van der Waals surface area contributed by atoms with Crippen molar-refractivity contribution in [1.82, 2.24) is 13.9 Å². The van der Waals surface area contributed by atoms with Crippen molar-refractivity contribution in [2.24, 2.45) is 0 Å². The molecule has 1 N–H and O–H groups in total. The van der Waals surface area contributed by atoms with Gasteiger partial charge in [-0.1, -0.05) is 13.0 Å². The summed E-state index contributed by atoms with van der Waals surface area (Å²) in [5.74, 6) is 0. The molecule has 0 heterocycles. The number of nitrogens with one attached hydrogen (secondary N) is 1. The van der Waals surface area contributed by atoms with Gasteiger partial charge in [-0.2, -0.15) is 17.0 Å². The molecule has 0 spiro atoms. The van der Waals surface area contributed by atoms with Crippen LogP contribution < -0.4 is 5.32 Å². The molecule has 0 atom stereocenters. The summed E-state index contributed by atoms with van der Waals surface area (Å²) in [5, 5.41) is 3.38. The van der Waals surface area contributed by atoms with Crippen LogP contribution in [0.25, 0.3) is 0 Å². The summed E-state index contributed by atoms with van der Waals surface area (Å²) in [6.07, 6.45) is 4.98. The van der Waals surface area contributed by atoms with Crippen LogP contribution in [-0.4, -0.2) is 56.3 Å². The summed E-state index contributed by atoms with van der Waals surface area (Å²) in [4.78, 5) is 0. The molecule has 0 aliphatic heterocycles. The molecule has 0 bridgehead atoms. The molecular weight excluding hydrogens is 250 g/mol. The van der Waals surface area contributed by atoms with Crippen LogP contribution in [0, 0.1) is 0 Å². The van der Waals surface area contributed by atoms with E-state index in [1.807, 2.05) is 6.92 Å². The molecule has 1 aliphatic carbocycles. The molecule has 0 amide bonds. The Labute approximate surface area is 111 Å². The summed E-state index contributed by atoms with van der Waals surface area (Å²) < 4.78 is 27.2. The second-order valence-electron chi connectivity index (χ2n) is 4.65. The Kier molecular flexibility index (Phi) is 6.28. The SMILES string of the molecule is C=CCN(CC)S(=O)(=O)N(C)CCCNC1CC1. The fourth-order valence-corrected chi connectivity index (χ4v) is 3.11. The second-order valence-corrected chi connectivity index (χ2v) is 6.69. The van der Waals surface area contributed by atoms with E-state index in [2.05, 4.69) is 11.9 Å². The predicted octanol–water partition coefficient (Wildman–Crippen LogP) is 0.813. The van der Waals surface area contributed by atoms with Gasteiger partial charge in [0, 0.05) is 32.7 Å². The summed E-state index contributed by atoms with van der Waals surface area (Å²) in [6.45, 7) is 7.70. The minimum absolute atomic E-state index is 0.365. The first-order chi connectivity index (χ1) is 8.52. The lowest BCUT2D eigenvalue weighted by atomic mass is 10.4. The maximum absolute atomic E-state index is 12.2. The lowest BCUT2D eigenvalue weighted by Crippen LogP contribution is -2.42. The standard InChI is InChI=1S/C12H25N3O2S/c1-4-10-15(5-2)18(16,17)14(3)11-6-9-13-12-7-8-12/h4,12-13H,1,5-11H2,2-3H3. The lowest BCUT2D eigenvalue weighted by molar-refractivity contribution is 0.380. The number of hydrogen-bond acceptors (Lipinski definition) is 3. The van der Waals surface area contributed by atoms with Crippen LogP contribution in [0.4, 0.5) is 0 Å². The van der Waals surface area contributed by atoms with Gasteiger partial charge in [-0.3, -0.25) is 0 Å². The largest absolute Gasteiger partial charge is 0.314 e. The van der Waals surface area contributed by atoms with Gasteiger partial charge in [0.1, 0.15) is 0 Å². The van der Waals surface area contributed by atoms with E-state index < -0.39 is 10.2 Å². The van der Waals surface area contributed by atoms with Crippen LogP contribution in [0.1, 0.15) is 26.2 Å². The summed E-state index contributed by atoms with van der Waals surface area (Å²) in [5.41, 5.74) is 0. The number of rotatable bonds is 10. The van der Waals surface area contributed by atoms with Crippen LogP contribution in [0.5, 0.6) is 0 Å². The fraction of sp³-hybridized carbons (Fsp3) is 0.833. The van der Waals surface area contributed by atoms with E-state index in [1.165, 1.54) is 21.5 Å². The maximum Gasteiger partial charge on any atom is 0.281 e. The second kappa shape index (κ2) is 7.23. The maximum atomic E-state index is 12.2. The van der Waals surface area contributed by atoms with Gasteiger partial charge < -0.3 is 5.32 Å². The van der Waals surface area contributed by atoms with Crippen molar-refractivity contribution in [2.75, 3.05) is 33.2 Å². The zero-order valence-electron chi connectivity index (χ0n) is 11.4. The molecule has 5 nitrogen and oxygen atoms in total. The molecule has 18 heavy (non-hydrogen) atoms. The van der Waals surface area contributed by atoms with Crippen molar-refractivity contribution in [3.63, 3.8) is 0 Å². The highest BCUT2D eigenvalue weighted by atomic mass is 32.2. The molecule has 1 saturated carbocycles. The Hall–Kier alpha value is -0.430. The average Bonchev–Trinajstić information content (AvgIpc) is 3.14. The Balaban J connectivity index is 2.35. The monoisotopic (exact) mass is 275 g/mol. The number of likely N-dealkylation sites (N-methyl/N-ethyl adjacent to an activating group) is 1. The molecule has 1 rings (SSSR count). The summed E-state index contributed by atoms with van der Waals surface area (Å²) in [6, 6.07) is 0.680. The molecule has 0 aromatic rings. The van der Waals surface area contributed by atoms with Crippen molar-refractivity contribution in [3.05, 3.63) is 12.7 Å². The molecule has 0 aromatic heterocycles. The van der Waals surface area contributed by atoms with E-state index in [1.54, 1.807) is 13.1 Å². The minimum atomic E-state index is -3.33. The Morgan fingerprint density at radius 2 is 2.11 bits per heavy atom. The molecule has 1 aliphatic rings. The van der Waals surface area contributed by atoms with Gasteiger partial charge >= 0.3 is 0 Å². The normalized spacial score (nSPS) is 16.4. The zero-order valence-corrected chi connectivity index (χ0v) is 12.2. The van der Waals surface area contributed by atoms with Gasteiger partial charge in [-0.25, -0.2) is 0 Å². The highest BCUT2D eigenvalue weighted by Crippen LogP contribution is 2.18. The lowest BCUT2D eigenvalue weighted by Gasteiger charge is -2.25. The third kappa shape index (κ3) is 4.68. The average molecular weight is 275 g/mol. The van der Waals surface area contributed by atoms with E-state index in [0.717, 1.165) is 13.0 Å². The van der Waals surface area contributed by atoms with Gasteiger partial charge in [-0.15, -0.1) is 6.58 Å². The third-order valence-electron chi connectivity index (χ3n) is 3.07. The zero-order chi connectivity index (χ0) is 13.6. The molecule has 106 valence electrons. The van der Waals surface area contributed by atoms with Crippen LogP contribution in [0.2, 0.25) is 0 Å².